The van der Waals surface area contributed by atoms with Crippen molar-refractivity contribution in [3.63, 3.8) is 0 Å². The summed E-state index contributed by atoms with van der Waals surface area (Å²) in [7, 11) is -7.69. The number of halogens is 1. The maximum Gasteiger partial charge on any atom is 0.206 e. The molecule has 0 saturated heterocycles. The molecule has 0 spiro atoms. The first-order valence-electron chi connectivity index (χ1n) is 9.66. The molecule has 0 aliphatic rings. The first-order valence-corrected chi connectivity index (χ1v) is 17.1. The molecule has 10 heteroatoms. The van der Waals surface area contributed by atoms with Gasteiger partial charge in [-0.25, -0.2) is 13.7 Å². The van der Waals surface area contributed by atoms with Gasteiger partial charge in [0.25, 0.3) is 0 Å². The van der Waals surface area contributed by atoms with Crippen LogP contribution in [0.5, 0.6) is 0 Å². The Labute approximate surface area is 173 Å². The van der Waals surface area contributed by atoms with Crippen molar-refractivity contribution in [1.29, 1.82) is 0 Å². The number of aromatic nitrogens is 2. The van der Waals surface area contributed by atoms with E-state index in [1.807, 2.05) is 40.8 Å². The topological polar surface area (TPSA) is 82.5 Å². The Kier molecular flexibility index (Phi) is 7.22. The average Bonchev–Trinajstić information content (AvgIpc) is 2.75. The molecule has 28 heavy (non-hydrogen) atoms. The Bertz CT molecular complexity index is 817. The molecule has 1 rings (SSSR count). The summed E-state index contributed by atoms with van der Waals surface area (Å²) in [6.45, 7) is 23.2. The first kappa shape index (κ1) is 25.5. The van der Waals surface area contributed by atoms with Crippen molar-refractivity contribution < 1.29 is 13.0 Å². The summed E-state index contributed by atoms with van der Waals surface area (Å²) in [5.74, 6) is -0.686. The summed E-state index contributed by atoms with van der Waals surface area (Å²) in [6, 6.07) is 0. The maximum absolute atomic E-state index is 14.5. The lowest BCUT2D eigenvalue weighted by Crippen LogP contribution is -2.44. The number of hydrogen-bond acceptors (Lipinski definition) is 4. The van der Waals surface area contributed by atoms with Crippen LogP contribution >= 0.6 is 0 Å². The molecular weight excluding hydrogens is 411 g/mol. The Balaban J connectivity index is 3.13. The molecule has 2 unspecified atom stereocenters. The highest BCUT2D eigenvalue weighted by atomic mass is 32.2. The van der Waals surface area contributed by atoms with E-state index in [1.54, 1.807) is 0 Å². The van der Waals surface area contributed by atoms with Crippen molar-refractivity contribution in [2.24, 2.45) is 9.17 Å². The molecule has 0 radical (unpaired) electrons. The quantitative estimate of drug-likeness (QED) is 0.609. The van der Waals surface area contributed by atoms with Crippen molar-refractivity contribution in [3.8, 4) is 0 Å². The van der Waals surface area contributed by atoms with Crippen LogP contribution in [0.4, 0.5) is 4.39 Å². The fourth-order valence-electron chi connectivity index (χ4n) is 2.17. The van der Waals surface area contributed by atoms with Crippen LogP contribution in [0.2, 0.25) is 36.3 Å². The summed E-state index contributed by atoms with van der Waals surface area (Å²) in [5, 5.41) is 9.82. The molecule has 0 bridgehead atoms. The van der Waals surface area contributed by atoms with E-state index in [1.165, 1.54) is 10.9 Å². The Morgan fingerprint density at radius 3 is 2.14 bits per heavy atom. The number of nitrogens with two attached hydrogens (primary N) is 1. The van der Waals surface area contributed by atoms with Crippen molar-refractivity contribution in [2.75, 3.05) is 0 Å². The van der Waals surface area contributed by atoms with Gasteiger partial charge in [-0.15, -0.1) is 0 Å². The van der Waals surface area contributed by atoms with Gasteiger partial charge in [-0.05, 0) is 43.2 Å². The van der Waals surface area contributed by atoms with E-state index in [2.05, 4.69) is 43.0 Å². The number of rotatable bonds is 6. The molecule has 1 aromatic heterocycles. The Hall–Kier alpha value is -0.556. The molecule has 2 N–H and O–H groups in total. The molecule has 0 amide bonds. The van der Waals surface area contributed by atoms with Gasteiger partial charge >= 0.3 is 0 Å². The molecular formula is C18H39FN4O2SSi2. The fraction of sp³-hybridized carbons (Fsp3) is 0.833. The van der Waals surface area contributed by atoms with Gasteiger partial charge in [0.15, 0.2) is 22.4 Å². The van der Waals surface area contributed by atoms with Crippen LogP contribution in [-0.2, 0) is 20.9 Å². The van der Waals surface area contributed by atoms with E-state index >= 15 is 0 Å². The molecule has 0 fully saturated rings. The second-order valence-corrected chi connectivity index (χ2v) is 22.3. The van der Waals surface area contributed by atoms with Crippen LogP contribution in [0.15, 0.2) is 15.3 Å². The third-order valence-electron chi connectivity index (χ3n) is 5.91. The third-order valence-corrected chi connectivity index (χ3v) is 17.9. The highest BCUT2D eigenvalue weighted by Gasteiger charge is 2.39. The van der Waals surface area contributed by atoms with Gasteiger partial charge in [-0.1, -0.05) is 41.5 Å². The van der Waals surface area contributed by atoms with Gasteiger partial charge in [0, 0.05) is 0 Å². The highest BCUT2D eigenvalue weighted by molar-refractivity contribution is 7.92. The summed E-state index contributed by atoms with van der Waals surface area (Å²) in [6.07, 6.45) is 1.08. The number of hydrogen-bond donors (Lipinski definition) is 1. The van der Waals surface area contributed by atoms with Gasteiger partial charge in [-0.3, -0.25) is 8.71 Å². The number of nitrogens with zero attached hydrogens (tertiary/aromatic N) is 3. The van der Waals surface area contributed by atoms with Crippen LogP contribution in [-0.4, -0.2) is 36.6 Å². The van der Waals surface area contributed by atoms with E-state index in [9.17, 15) is 8.60 Å². The average molecular weight is 451 g/mol. The summed E-state index contributed by atoms with van der Waals surface area (Å²) in [5.41, 5.74) is 0. The SMILES string of the molecule is CC(Cn1cc(F)c(S(N)(=O)=N[Si](C)(C)C(C)(C)C)n1)O[Si](C)(C)C(C)(C)C. The zero-order valence-electron chi connectivity index (χ0n) is 19.4. The van der Waals surface area contributed by atoms with Crippen molar-refractivity contribution in [2.45, 2.75) is 102 Å². The van der Waals surface area contributed by atoms with Crippen LogP contribution in [0, 0.1) is 5.82 Å². The minimum atomic E-state index is -3.41. The predicted octanol–water partition coefficient (Wildman–Crippen LogP) is 5.14. The minimum Gasteiger partial charge on any atom is -0.412 e. The zero-order valence-corrected chi connectivity index (χ0v) is 22.2. The van der Waals surface area contributed by atoms with Gasteiger partial charge < -0.3 is 4.43 Å². The first-order chi connectivity index (χ1) is 12.2. The lowest BCUT2D eigenvalue weighted by Gasteiger charge is -2.38. The van der Waals surface area contributed by atoms with E-state index in [4.69, 9.17) is 9.56 Å². The molecule has 1 aromatic rings. The highest BCUT2D eigenvalue weighted by Crippen LogP contribution is 2.38. The molecule has 0 aliphatic carbocycles. The van der Waals surface area contributed by atoms with Gasteiger partial charge in [0.1, 0.15) is 9.92 Å². The Morgan fingerprint density at radius 1 is 1.21 bits per heavy atom. The van der Waals surface area contributed by atoms with Crippen LogP contribution in [0.25, 0.3) is 0 Å². The maximum atomic E-state index is 14.5. The second-order valence-electron chi connectivity index (χ2n) is 10.7. The fourth-order valence-corrected chi connectivity index (χ4v) is 8.31. The van der Waals surface area contributed by atoms with Crippen LogP contribution < -0.4 is 5.14 Å². The normalized spacial score (nSPS) is 17.3. The van der Waals surface area contributed by atoms with Crippen LogP contribution in [0.3, 0.4) is 0 Å². The summed E-state index contributed by atoms with van der Waals surface area (Å²) < 4.78 is 39.7. The molecule has 6 nitrogen and oxygen atoms in total. The predicted molar refractivity (Wildman–Crippen MR) is 120 cm³/mol. The molecule has 164 valence electrons. The van der Waals surface area contributed by atoms with E-state index in [0.29, 0.717) is 6.54 Å². The standard InChI is InChI=1S/C18H39FN4O2SSi2/c1-14(25-28(10,11)18(5,6)7)12-23-13-15(19)16(21-23)26(20,24)22-27(8,9)17(2,3)4/h13-14H,12H2,1-11H3,(H2,20,22,24). The smallest absolute Gasteiger partial charge is 0.206 e. The molecule has 0 saturated carbocycles. The van der Waals surface area contributed by atoms with Crippen LogP contribution in [0.1, 0.15) is 48.5 Å². The van der Waals surface area contributed by atoms with E-state index in [-0.39, 0.29) is 21.2 Å². The van der Waals surface area contributed by atoms with Gasteiger partial charge in [0.05, 0.1) is 18.8 Å². The lowest BCUT2D eigenvalue weighted by atomic mass is 10.2. The molecule has 0 aromatic carbocycles. The minimum absolute atomic E-state index is 0.0788. The summed E-state index contributed by atoms with van der Waals surface area (Å²) in [4.78, 5) is 0. The monoisotopic (exact) mass is 450 g/mol. The largest absolute Gasteiger partial charge is 0.412 e. The second kappa shape index (κ2) is 7.94. The molecule has 0 aliphatic heterocycles. The Morgan fingerprint density at radius 2 is 1.71 bits per heavy atom. The molecule has 1 heterocycles. The van der Waals surface area contributed by atoms with E-state index < -0.39 is 32.3 Å². The van der Waals surface area contributed by atoms with Crippen molar-refractivity contribution >= 4 is 26.5 Å². The van der Waals surface area contributed by atoms with Gasteiger partial charge in [-0.2, -0.15) is 5.10 Å². The van der Waals surface area contributed by atoms with Gasteiger partial charge in [0.2, 0.25) is 5.03 Å². The van der Waals surface area contributed by atoms with E-state index in [0.717, 1.165) is 0 Å². The zero-order chi connectivity index (χ0) is 22.3. The summed E-state index contributed by atoms with van der Waals surface area (Å²) >= 11 is 0. The van der Waals surface area contributed by atoms with Crippen molar-refractivity contribution in [3.05, 3.63) is 12.0 Å². The third kappa shape index (κ3) is 5.97. The van der Waals surface area contributed by atoms with Crippen molar-refractivity contribution in [1.82, 2.24) is 9.78 Å². The lowest BCUT2D eigenvalue weighted by molar-refractivity contribution is 0.173. The molecule has 2 atom stereocenters.